The van der Waals surface area contributed by atoms with Crippen LogP contribution in [0.25, 0.3) is 0 Å². The van der Waals surface area contributed by atoms with Gasteiger partial charge in [-0.1, -0.05) is 18.1 Å². The van der Waals surface area contributed by atoms with Gasteiger partial charge in [-0.2, -0.15) is 0 Å². The van der Waals surface area contributed by atoms with E-state index in [2.05, 4.69) is 22.6 Å². The minimum atomic E-state index is 0.0351. The van der Waals surface area contributed by atoms with Gasteiger partial charge in [0.15, 0.2) is 5.69 Å². The van der Waals surface area contributed by atoms with Crippen molar-refractivity contribution in [1.82, 2.24) is 25.2 Å². The Labute approximate surface area is 113 Å². The number of hydrogen-bond donors (Lipinski definition) is 1. The lowest BCUT2D eigenvalue weighted by molar-refractivity contribution is 0.0691. The summed E-state index contributed by atoms with van der Waals surface area (Å²) in [5.74, 6) is 0.0351. The van der Waals surface area contributed by atoms with Crippen LogP contribution in [-0.2, 0) is 0 Å². The molecule has 2 aliphatic heterocycles. The molecule has 0 aliphatic carbocycles. The molecule has 2 fully saturated rings. The van der Waals surface area contributed by atoms with Gasteiger partial charge in [-0.15, -0.1) is 5.10 Å². The number of carbonyl (C=O) groups excluding carboxylic acids is 1. The van der Waals surface area contributed by atoms with E-state index in [1.807, 2.05) is 9.58 Å². The van der Waals surface area contributed by atoms with Crippen LogP contribution in [0, 0.1) is 0 Å². The average Bonchev–Trinajstić information content (AvgIpc) is 2.69. The number of aromatic nitrogens is 3. The highest BCUT2D eigenvalue weighted by Gasteiger charge is 2.27. The minimum absolute atomic E-state index is 0.0351. The van der Waals surface area contributed by atoms with Gasteiger partial charge in [-0.25, -0.2) is 4.68 Å². The van der Waals surface area contributed by atoms with Gasteiger partial charge in [0.2, 0.25) is 0 Å². The van der Waals surface area contributed by atoms with E-state index in [9.17, 15) is 4.79 Å². The summed E-state index contributed by atoms with van der Waals surface area (Å²) in [6.07, 6.45) is 6.41. The molecule has 1 aromatic heterocycles. The molecule has 104 valence electrons. The molecule has 3 rings (SSSR count). The van der Waals surface area contributed by atoms with E-state index < -0.39 is 0 Å². The Morgan fingerprint density at radius 3 is 2.95 bits per heavy atom. The molecule has 19 heavy (non-hydrogen) atoms. The van der Waals surface area contributed by atoms with Crippen LogP contribution in [0.2, 0.25) is 0 Å². The number of carbonyl (C=O) groups is 1. The lowest BCUT2D eigenvalue weighted by atomic mass is 10.1. The molecule has 3 heterocycles. The molecule has 0 radical (unpaired) electrons. The molecule has 0 spiro atoms. The monoisotopic (exact) mass is 263 g/mol. The van der Waals surface area contributed by atoms with Gasteiger partial charge < -0.3 is 10.2 Å². The zero-order valence-corrected chi connectivity index (χ0v) is 11.4. The topological polar surface area (TPSA) is 63.1 Å². The summed E-state index contributed by atoms with van der Waals surface area (Å²) in [5, 5.41) is 11.3. The van der Waals surface area contributed by atoms with Gasteiger partial charge in [0.1, 0.15) is 0 Å². The van der Waals surface area contributed by atoms with Gasteiger partial charge in [0.05, 0.1) is 12.2 Å². The smallest absolute Gasteiger partial charge is 0.276 e. The Hall–Kier alpha value is -1.43. The molecule has 6 heteroatoms. The fourth-order valence-corrected chi connectivity index (χ4v) is 2.74. The van der Waals surface area contributed by atoms with E-state index in [4.69, 9.17) is 0 Å². The van der Waals surface area contributed by atoms with Crippen molar-refractivity contribution in [3.63, 3.8) is 0 Å². The summed E-state index contributed by atoms with van der Waals surface area (Å²) in [6, 6.07) is 0.668. The third-order valence-corrected chi connectivity index (χ3v) is 4.18. The fourth-order valence-electron chi connectivity index (χ4n) is 2.74. The Morgan fingerprint density at radius 2 is 2.21 bits per heavy atom. The van der Waals surface area contributed by atoms with Crippen molar-refractivity contribution >= 4 is 5.91 Å². The molecule has 0 bridgehead atoms. The standard InChI is InChI=1S/C13H21N5O/c1-10-5-3-2-4-6-17(10)13(19)12-9-18(16-15-12)11-7-14-8-11/h9-11,14H,2-8H2,1H3. The second-order valence-electron chi connectivity index (χ2n) is 5.59. The van der Waals surface area contributed by atoms with Gasteiger partial charge in [-0.3, -0.25) is 4.79 Å². The van der Waals surface area contributed by atoms with Gasteiger partial charge in [-0.05, 0) is 19.8 Å². The number of nitrogens with one attached hydrogen (secondary N) is 1. The van der Waals surface area contributed by atoms with Gasteiger partial charge in [0, 0.05) is 25.7 Å². The van der Waals surface area contributed by atoms with Crippen molar-refractivity contribution in [3.8, 4) is 0 Å². The second-order valence-corrected chi connectivity index (χ2v) is 5.59. The van der Waals surface area contributed by atoms with Crippen LogP contribution in [0.15, 0.2) is 6.20 Å². The van der Waals surface area contributed by atoms with E-state index in [1.54, 1.807) is 6.20 Å². The van der Waals surface area contributed by atoms with Crippen molar-refractivity contribution in [2.24, 2.45) is 0 Å². The number of nitrogens with zero attached hydrogens (tertiary/aromatic N) is 4. The fraction of sp³-hybridized carbons (Fsp3) is 0.769. The SMILES string of the molecule is CC1CCCCCN1C(=O)c1cn(C2CNC2)nn1. The van der Waals surface area contributed by atoms with Crippen molar-refractivity contribution in [1.29, 1.82) is 0 Å². The van der Waals surface area contributed by atoms with Crippen molar-refractivity contribution in [2.75, 3.05) is 19.6 Å². The molecule has 1 atom stereocenters. The van der Waals surface area contributed by atoms with Crippen LogP contribution < -0.4 is 5.32 Å². The number of amides is 1. The molecule has 0 aromatic carbocycles. The maximum atomic E-state index is 12.5. The van der Waals surface area contributed by atoms with E-state index in [0.717, 1.165) is 32.5 Å². The summed E-state index contributed by atoms with van der Waals surface area (Å²) in [7, 11) is 0. The Balaban J connectivity index is 1.72. The highest BCUT2D eigenvalue weighted by Crippen LogP contribution is 2.19. The first-order chi connectivity index (χ1) is 9.25. The number of hydrogen-bond acceptors (Lipinski definition) is 4. The van der Waals surface area contributed by atoms with Crippen LogP contribution in [0.3, 0.4) is 0 Å². The van der Waals surface area contributed by atoms with E-state index >= 15 is 0 Å². The molecular weight excluding hydrogens is 242 g/mol. The lowest BCUT2D eigenvalue weighted by Crippen LogP contribution is -2.43. The molecular formula is C13H21N5O. The normalized spacial score (nSPS) is 24.9. The highest BCUT2D eigenvalue weighted by molar-refractivity contribution is 5.92. The maximum Gasteiger partial charge on any atom is 0.276 e. The molecule has 1 amide bonds. The molecule has 1 N–H and O–H groups in total. The zero-order valence-electron chi connectivity index (χ0n) is 11.4. The summed E-state index contributed by atoms with van der Waals surface area (Å²) < 4.78 is 1.81. The molecule has 1 unspecified atom stereocenters. The van der Waals surface area contributed by atoms with Crippen LogP contribution in [0.1, 0.15) is 49.1 Å². The van der Waals surface area contributed by atoms with Crippen LogP contribution in [0.4, 0.5) is 0 Å². The van der Waals surface area contributed by atoms with Crippen LogP contribution in [0.5, 0.6) is 0 Å². The highest BCUT2D eigenvalue weighted by atomic mass is 16.2. The second kappa shape index (κ2) is 5.28. The predicted octanol–water partition coefficient (Wildman–Crippen LogP) is 0.827. The first-order valence-electron chi connectivity index (χ1n) is 7.19. The first kappa shape index (κ1) is 12.6. The van der Waals surface area contributed by atoms with Crippen molar-refractivity contribution in [2.45, 2.75) is 44.7 Å². The summed E-state index contributed by atoms with van der Waals surface area (Å²) >= 11 is 0. The van der Waals surface area contributed by atoms with Crippen molar-refractivity contribution in [3.05, 3.63) is 11.9 Å². The van der Waals surface area contributed by atoms with Gasteiger partial charge >= 0.3 is 0 Å². The molecule has 0 saturated carbocycles. The molecule has 6 nitrogen and oxygen atoms in total. The van der Waals surface area contributed by atoms with Crippen LogP contribution in [-0.4, -0.2) is 51.5 Å². The predicted molar refractivity (Wildman–Crippen MR) is 70.9 cm³/mol. The quantitative estimate of drug-likeness (QED) is 0.858. The number of likely N-dealkylation sites (tertiary alicyclic amines) is 1. The average molecular weight is 263 g/mol. The number of rotatable bonds is 2. The molecule has 2 saturated heterocycles. The van der Waals surface area contributed by atoms with Crippen LogP contribution >= 0.6 is 0 Å². The Kier molecular flexibility index (Phi) is 3.50. The first-order valence-corrected chi connectivity index (χ1v) is 7.19. The lowest BCUT2D eigenvalue weighted by Gasteiger charge is -2.27. The molecule has 2 aliphatic rings. The maximum absolute atomic E-state index is 12.5. The van der Waals surface area contributed by atoms with Gasteiger partial charge in [0.25, 0.3) is 5.91 Å². The molecule has 1 aromatic rings. The van der Waals surface area contributed by atoms with E-state index in [0.29, 0.717) is 17.8 Å². The Bertz CT molecular complexity index is 454. The third-order valence-electron chi connectivity index (χ3n) is 4.18. The largest absolute Gasteiger partial charge is 0.335 e. The Morgan fingerprint density at radius 1 is 1.37 bits per heavy atom. The van der Waals surface area contributed by atoms with E-state index in [-0.39, 0.29) is 5.91 Å². The summed E-state index contributed by atoms with van der Waals surface area (Å²) in [6.45, 7) is 4.80. The summed E-state index contributed by atoms with van der Waals surface area (Å²) in [5.41, 5.74) is 0.487. The minimum Gasteiger partial charge on any atom is -0.335 e. The van der Waals surface area contributed by atoms with E-state index in [1.165, 1.54) is 12.8 Å². The summed E-state index contributed by atoms with van der Waals surface area (Å²) in [4.78, 5) is 14.5. The third kappa shape index (κ3) is 2.49. The van der Waals surface area contributed by atoms with Crippen molar-refractivity contribution < 1.29 is 4.79 Å². The zero-order chi connectivity index (χ0) is 13.2.